The van der Waals surface area contributed by atoms with Gasteiger partial charge in [0.15, 0.2) is 11.6 Å². The zero-order valence-corrected chi connectivity index (χ0v) is 45.2. The van der Waals surface area contributed by atoms with Crippen LogP contribution in [0.2, 0.25) is 0 Å². The van der Waals surface area contributed by atoms with Gasteiger partial charge in [-0.25, -0.2) is 26.9 Å². The van der Waals surface area contributed by atoms with Crippen molar-refractivity contribution >= 4 is 46.9 Å². The van der Waals surface area contributed by atoms with Crippen LogP contribution in [0.4, 0.5) is 22.0 Å². The molecule has 0 aliphatic carbocycles. The number of piperazine rings is 1. The van der Waals surface area contributed by atoms with E-state index in [1.807, 2.05) is 13.8 Å². The van der Waals surface area contributed by atoms with Crippen LogP contribution in [0.25, 0.3) is 27.6 Å². The number of amides is 2. The molecule has 80 heavy (non-hydrogen) atoms. The monoisotopic (exact) mass is 1100 g/mol. The van der Waals surface area contributed by atoms with Crippen LogP contribution in [0.3, 0.4) is 0 Å². The number of nitrogens with zero attached hydrogens (tertiary/aromatic N) is 7. The number of benzene rings is 4. The minimum atomic E-state index is -1.02. The van der Waals surface area contributed by atoms with Gasteiger partial charge in [0.2, 0.25) is 11.8 Å². The molecule has 5 unspecified atom stereocenters. The molecule has 5 aromatic rings. The number of rotatable bonds is 16. The largest absolute Gasteiger partial charge is 0.508 e. The van der Waals surface area contributed by atoms with Gasteiger partial charge in [-0.3, -0.25) is 19.6 Å². The summed E-state index contributed by atoms with van der Waals surface area (Å²) < 4.78 is 87.0. The quantitative estimate of drug-likeness (QED) is 0.0497. The number of likely N-dealkylation sites (tertiary alicyclic amines) is 3. The number of hydrogen-bond acceptors (Lipinski definition) is 12. The lowest BCUT2D eigenvalue weighted by Crippen LogP contribution is -2.50. The number of aliphatic imine (C=N–C) groups is 3. The lowest BCUT2D eigenvalue weighted by Gasteiger charge is -2.38. The summed E-state index contributed by atoms with van der Waals surface area (Å²) in [4.78, 5) is 48.0. The van der Waals surface area contributed by atoms with Crippen molar-refractivity contribution in [2.24, 2.45) is 26.3 Å². The average molecular weight is 1100 g/mol. The highest BCUT2D eigenvalue weighted by atomic mass is 19.2. The highest BCUT2D eigenvalue weighted by molar-refractivity contribution is 6.29. The van der Waals surface area contributed by atoms with E-state index < -0.39 is 47.1 Å². The summed E-state index contributed by atoms with van der Waals surface area (Å²) in [5.41, 5.74) is 0.625. The third-order valence-electron chi connectivity index (χ3n) is 16.3. The molecule has 5 aliphatic heterocycles. The third-order valence-corrected chi connectivity index (χ3v) is 16.3. The summed E-state index contributed by atoms with van der Waals surface area (Å²) in [6, 6.07) is 13.9. The van der Waals surface area contributed by atoms with Gasteiger partial charge in [0.05, 0.1) is 35.9 Å². The van der Waals surface area contributed by atoms with Gasteiger partial charge < -0.3 is 39.7 Å². The van der Waals surface area contributed by atoms with Crippen LogP contribution in [-0.2, 0) is 9.59 Å². The second-order valence-corrected chi connectivity index (χ2v) is 22.3. The van der Waals surface area contributed by atoms with Crippen LogP contribution in [0, 0.1) is 46.9 Å². The number of terminal acetylenes is 1. The molecule has 4 aromatic carbocycles. The van der Waals surface area contributed by atoms with Gasteiger partial charge in [-0.1, -0.05) is 57.0 Å². The normalized spacial score (nSPS) is 22.0. The van der Waals surface area contributed by atoms with E-state index in [1.165, 1.54) is 42.6 Å². The number of hydrogen-bond donors (Lipinski definition) is 3. The molecule has 2 bridgehead atoms. The molecule has 14 nitrogen and oxygen atoms in total. The van der Waals surface area contributed by atoms with Crippen molar-refractivity contribution < 1.29 is 45.9 Å². The fraction of sp³-hybridized carbons (Fsp3) is 0.410. The Hall–Kier alpha value is -7.69. The van der Waals surface area contributed by atoms with Crippen LogP contribution < -0.4 is 15.4 Å². The summed E-state index contributed by atoms with van der Waals surface area (Å²) in [5, 5.41) is 22.2. The van der Waals surface area contributed by atoms with Gasteiger partial charge in [-0.05, 0) is 111 Å². The first kappa shape index (κ1) is 55.6. The van der Waals surface area contributed by atoms with Crippen LogP contribution in [0.5, 0.6) is 11.6 Å². The van der Waals surface area contributed by atoms with Crippen molar-refractivity contribution in [3.8, 4) is 35.1 Å². The van der Waals surface area contributed by atoms with Crippen LogP contribution in [0.15, 0.2) is 103 Å². The van der Waals surface area contributed by atoms with E-state index >= 15 is 8.78 Å². The highest BCUT2D eigenvalue weighted by Gasteiger charge is 2.41. The molecule has 2 amide bonds. The van der Waals surface area contributed by atoms with Crippen molar-refractivity contribution in [1.82, 2.24) is 30.5 Å². The molecular formula is C61H64F5N9O5. The molecule has 5 aliphatic rings. The first-order valence-corrected chi connectivity index (χ1v) is 27.2. The zero-order valence-electron chi connectivity index (χ0n) is 45.2. The number of aromatic hydroxyl groups is 1. The van der Waals surface area contributed by atoms with Crippen LogP contribution in [-0.4, -0.2) is 126 Å². The maximum Gasteiger partial charge on any atom is 0.254 e. The van der Waals surface area contributed by atoms with Crippen molar-refractivity contribution in [1.29, 1.82) is 0 Å². The van der Waals surface area contributed by atoms with Crippen LogP contribution >= 0.6 is 0 Å². The predicted molar refractivity (Wildman–Crippen MR) is 297 cm³/mol. The summed E-state index contributed by atoms with van der Waals surface area (Å²) in [5.74, 6) is -2.76. The minimum Gasteiger partial charge on any atom is -0.508 e. The number of piperidine rings is 1. The van der Waals surface area contributed by atoms with Gasteiger partial charge in [-0.15, -0.1) is 6.42 Å². The second-order valence-electron chi connectivity index (χ2n) is 22.3. The average Bonchev–Trinajstić information content (AvgIpc) is 4.25. The zero-order chi connectivity index (χ0) is 56.6. The van der Waals surface area contributed by atoms with Crippen LogP contribution in [0.1, 0.15) is 101 Å². The van der Waals surface area contributed by atoms with E-state index in [0.717, 1.165) is 25.7 Å². The van der Waals surface area contributed by atoms with Crippen molar-refractivity contribution in [3.63, 3.8) is 0 Å². The molecule has 10 rings (SSSR count). The number of carbonyl (C=O) groups excluding carboxylic acids is 2. The van der Waals surface area contributed by atoms with E-state index in [2.05, 4.69) is 55.1 Å². The standard InChI is InChI=1S/C61H64F5N9O5/c1-7-43-46(63)17-14-38-25-42(76)28-44(53(38)43)56-55(66)57(45(30-69-56)58(67-6)74-31-40-15-16-41(32-74)71-40)68-20-24-73-22-18-61(5,19-23-73)33-79-51-29-50(80-72-51)52(34(2)3)60(78)75-21-8-9-49(75)59(77)70-35(4)36-10-12-37(13-11-36)54-47(64)26-39(62)27-48(54)65/h1,10-14,17,25-30,34-35,40-41,49,52,71,76H,6,8-9,15-16,18-24,31-33H2,2-5H3,(H,70,77)/b58-45+,68-57?. The SMILES string of the molecule is C#Cc1c(F)ccc2cc(O)cc(C3=C(F)C(=NCCN4CCC(C)(COc5cc(C(C(=O)N6CCCC6C(=O)NC(C)c6ccc(-c7c(F)cc(F)cc7F)cc6)C(C)C)on5)CC4)/C(=C(\N=C)N4CC5CCC(C4)N5)C=N3)c12. The maximum atomic E-state index is 17.3. The molecule has 4 saturated heterocycles. The van der Waals surface area contributed by atoms with Gasteiger partial charge in [0.25, 0.3) is 5.88 Å². The molecule has 19 heteroatoms. The number of fused-ring (bicyclic) bond motifs is 3. The van der Waals surface area contributed by atoms with E-state index in [4.69, 9.17) is 20.7 Å². The Morgan fingerprint density at radius 1 is 0.963 bits per heavy atom. The Morgan fingerprint density at radius 3 is 2.35 bits per heavy atom. The Morgan fingerprint density at radius 2 is 1.68 bits per heavy atom. The number of aromatic nitrogens is 1. The molecule has 0 saturated carbocycles. The fourth-order valence-corrected chi connectivity index (χ4v) is 11.9. The van der Waals surface area contributed by atoms with Gasteiger partial charge in [0.1, 0.15) is 58.2 Å². The molecule has 6 heterocycles. The van der Waals surface area contributed by atoms with Gasteiger partial charge in [-0.2, -0.15) is 0 Å². The number of nitrogens with one attached hydrogen (secondary N) is 2. The summed E-state index contributed by atoms with van der Waals surface area (Å²) in [6.07, 6.45) is 12.0. The smallest absolute Gasteiger partial charge is 0.254 e. The first-order valence-electron chi connectivity index (χ1n) is 27.2. The maximum absolute atomic E-state index is 17.3. The van der Waals surface area contributed by atoms with E-state index in [-0.39, 0.29) is 92.5 Å². The molecule has 1 aromatic heterocycles. The molecule has 0 spiro atoms. The molecule has 418 valence electrons. The molecular weight excluding hydrogens is 1030 g/mol. The van der Waals surface area contributed by atoms with E-state index in [0.29, 0.717) is 99.0 Å². The summed E-state index contributed by atoms with van der Waals surface area (Å²) in [7, 11) is 0. The fourth-order valence-electron chi connectivity index (χ4n) is 11.9. The topological polar surface area (TPSA) is 160 Å². The highest BCUT2D eigenvalue weighted by Crippen LogP contribution is 2.40. The number of allylic oxidation sites excluding steroid dienone is 2. The Bertz CT molecular complexity index is 3360. The summed E-state index contributed by atoms with van der Waals surface area (Å²) in [6.45, 7) is 15.8. The van der Waals surface area contributed by atoms with Gasteiger partial charge >= 0.3 is 0 Å². The third kappa shape index (κ3) is 11.4. The Labute approximate surface area is 461 Å². The second kappa shape index (κ2) is 23.2. The van der Waals surface area contributed by atoms with E-state index in [1.54, 1.807) is 30.0 Å². The number of phenolic OH excluding ortho intramolecular Hbond substituents is 1. The number of ether oxygens (including phenoxy) is 1. The molecule has 3 N–H and O–H groups in total. The molecule has 5 atom stereocenters. The number of phenols is 1. The van der Waals surface area contributed by atoms with Crippen molar-refractivity contribution in [2.75, 3.05) is 52.4 Å². The minimum absolute atomic E-state index is 0.0315. The lowest BCUT2D eigenvalue weighted by molar-refractivity contribution is -0.141. The van der Waals surface area contributed by atoms with Crippen molar-refractivity contribution in [3.05, 3.63) is 130 Å². The predicted octanol–water partition coefficient (Wildman–Crippen LogP) is 10.0. The first-order chi connectivity index (χ1) is 38.4. The Kier molecular flexibility index (Phi) is 16.1. The molecule has 0 radical (unpaired) electrons. The Balaban J connectivity index is 0.773. The number of halogens is 5. The summed E-state index contributed by atoms with van der Waals surface area (Å²) >= 11 is 0. The van der Waals surface area contributed by atoms with E-state index in [9.17, 15) is 27.9 Å². The van der Waals surface area contributed by atoms with Crippen molar-refractivity contribution in [2.45, 2.75) is 96.3 Å². The lowest BCUT2D eigenvalue weighted by atomic mass is 9.81. The van der Waals surface area contributed by atoms with Gasteiger partial charge in [0, 0.05) is 79.0 Å². The molecule has 4 fully saturated rings. The number of carbonyl (C=O) groups is 2.